The van der Waals surface area contributed by atoms with Crippen LogP contribution >= 0.6 is 0 Å². The molecule has 202 valence electrons. The van der Waals surface area contributed by atoms with Crippen molar-refractivity contribution >= 4 is 12.1 Å². The number of carbonyl (C=O) groups is 2. The zero-order chi connectivity index (χ0) is 27.8. The molecule has 0 unspecified atom stereocenters. The van der Waals surface area contributed by atoms with Crippen LogP contribution in [0.25, 0.3) is 0 Å². The SMILES string of the molecule is C=C[C@H](Cc1ccc(C(F)(F)F)cc1)[C@@H](Cc1ccc(F)cc1)[C@H](C)OC(=O)CNC(=O)OC(C)(C)C. The lowest BCUT2D eigenvalue weighted by Gasteiger charge is -2.30. The Morgan fingerprint density at radius 2 is 1.51 bits per heavy atom. The first-order valence-corrected chi connectivity index (χ1v) is 11.9. The van der Waals surface area contributed by atoms with Gasteiger partial charge >= 0.3 is 18.2 Å². The lowest BCUT2D eigenvalue weighted by atomic mass is 9.79. The number of benzene rings is 2. The maximum absolute atomic E-state index is 13.4. The molecule has 0 aliphatic rings. The van der Waals surface area contributed by atoms with E-state index in [1.165, 1.54) is 24.3 Å². The van der Waals surface area contributed by atoms with Gasteiger partial charge in [0.15, 0.2) is 0 Å². The van der Waals surface area contributed by atoms with Crippen LogP contribution in [0.4, 0.5) is 22.4 Å². The van der Waals surface area contributed by atoms with Gasteiger partial charge in [-0.25, -0.2) is 9.18 Å². The maximum atomic E-state index is 13.4. The van der Waals surface area contributed by atoms with E-state index in [0.29, 0.717) is 18.4 Å². The van der Waals surface area contributed by atoms with Crippen molar-refractivity contribution in [3.8, 4) is 0 Å². The van der Waals surface area contributed by atoms with Crippen molar-refractivity contribution < 1.29 is 36.6 Å². The number of hydrogen-bond donors (Lipinski definition) is 1. The predicted molar refractivity (Wildman–Crippen MR) is 132 cm³/mol. The highest BCUT2D eigenvalue weighted by Crippen LogP contribution is 2.31. The molecule has 0 radical (unpaired) electrons. The highest BCUT2D eigenvalue weighted by molar-refractivity contribution is 5.78. The normalized spacial score (nSPS) is 14.3. The molecule has 0 aliphatic heterocycles. The summed E-state index contributed by atoms with van der Waals surface area (Å²) in [5.41, 5.74) is -0.0153. The predicted octanol–water partition coefficient (Wildman–Crippen LogP) is 6.50. The van der Waals surface area contributed by atoms with Gasteiger partial charge in [0.2, 0.25) is 0 Å². The Kier molecular flexibility index (Phi) is 10.3. The van der Waals surface area contributed by atoms with Crippen molar-refractivity contribution in [3.05, 3.63) is 83.7 Å². The van der Waals surface area contributed by atoms with Crippen LogP contribution in [0, 0.1) is 17.7 Å². The van der Waals surface area contributed by atoms with Gasteiger partial charge in [-0.3, -0.25) is 4.79 Å². The number of carbonyl (C=O) groups excluding carboxylic acids is 2. The number of esters is 1. The van der Waals surface area contributed by atoms with E-state index in [0.717, 1.165) is 17.7 Å². The third kappa shape index (κ3) is 10.3. The summed E-state index contributed by atoms with van der Waals surface area (Å²) < 4.78 is 63.0. The number of alkyl halides is 3. The summed E-state index contributed by atoms with van der Waals surface area (Å²) in [5, 5.41) is 2.35. The highest BCUT2D eigenvalue weighted by atomic mass is 19.4. The van der Waals surface area contributed by atoms with Crippen LogP contribution < -0.4 is 5.32 Å². The average Bonchev–Trinajstić information content (AvgIpc) is 2.79. The third-order valence-electron chi connectivity index (χ3n) is 5.69. The minimum absolute atomic E-state index is 0.289. The molecular formula is C28H33F4NO4. The number of hydrogen-bond acceptors (Lipinski definition) is 4. The van der Waals surface area contributed by atoms with Crippen molar-refractivity contribution in [2.75, 3.05) is 6.54 Å². The molecule has 3 atom stereocenters. The number of amides is 1. The Morgan fingerprint density at radius 1 is 0.973 bits per heavy atom. The summed E-state index contributed by atoms with van der Waals surface area (Å²) in [6, 6.07) is 10.8. The van der Waals surface area contributed by atoms with Gasteiger partial charge in [0.25, 0.3) is 0 Å². The van der Waals surface area contributed by atoms with Crippen molar-refractivity contribution in [1.29, 1.82) is 0 Å². The summed E-state index contributed by atoms with van der Waals surface area (Å²) in [4.78, 5) is 24.3. The van der Waals surface area contributed by atoms with Gasteiger partial charge in [-0.1, -0.05) is 30.3 Å². The summed E-state index contributed by atoms with van der Waals surface area (Å²) in [7, 11) is 0. The molecular weight excluding hydrogens is 490 g/mol. The molecule has 0 fully saturated rings. The Labute approximate surface area is 214 Å². The molecule has 9 heteroatoms. The number of nitrogens with one attached hydrogen (secondary N) is 1. The maximum Gasteiger partial charge on any atom is 0.416 e. The second-order valence-corrected chi connectivity index (χ2v) is 9.84. The first kappa shape index (κ1) is 29.9. The van der Waals surface area contributed by atoms with Gasteiger partial charge in [0, 0.05) is 5.92 Å². The van der Waals surface area contributed by atoms with E-state index < -0.39 is 47.9 Å². The van der Waals surface area contributed by atoms with Crippen LogP contribution in [0.1, 0.15) is 44.4 Å². The molecule has 37 heavy (non-hydrogen) atoms. The second-order valence-electron chi connectivity index (χ2n) is 9.84. The van der Waals surface area contributed by atoms with E-state index in [2.05, 4.69) is 11.9 Å². The fourth-order valence-electron chi connectivity index (χ4n) is 3.86. The lowest BCUT2D eigenvalue weighted by Crippen LogP contribution is -2.38. The highest BCUT2D eigenvalue weighted by Gasteiger charge is 2.31. The topological polar surface area (TPSA) is 64.6 Å². The minimum atomic E-state index is -4.43. The zero-order valence-electron chi connectivity index (χ0n) is 21.4. The van der Waals surface area contributed by atoms with Crippen molar-refractivity contribution in [2.24, 2.45) is 11.8 Å². The van der Waals surface area contributed by atoms with Crippen LogP contribution in [-0.4, -0.2) is 30.3 Å². The zero-order valence-corrected chi connectivity index (χ0v) is 21.4. The van der Waals surface area contributed by atoms with E-state index in [1.54, 1.807) is 45.9 Å². The Bertz CT molecular complexity index is 1040. The Morgan fingerprint density at radius 3 is 2.03 bits per heavy atom. The molecule has 1 N–H and O–H groups in total. The van der Waals surface area contributed by atoms with E-state index in [1.807, 2.05) is 0 Å². The molecule has 0 saturated carbocycles. The monoisotopic (exact) mass is 523 g/mol. The summed E-state index contributed by atoms with van der Waals surface area (Å²) in [5.74, 6) is -1.70. The van der Waals surface area contributed by atoms with Crippen molar-refractivity contribution in [1.82, 2.24) is 5.32 Å². The van der Waals surface area contributed by atoms with Gasteiger partial charge in [0.1, 0.15) is 24.1 Å². The third-order valence-corrected chi connectivity index (χ3v) is 5.69. The molecule has 2 aromatic rings. The van der Waals surface area contributed by atoms with Crippen LogP contribution in [-0.2, 0) is 33.3 Å². The fraction of sp³-hybridized carbons (Fsp3) is 0.429. The fourth-order valence-corrected chi connectivity index (χ4v) is 3.86. The first-order chi connectivity index (χ1) is 17.2. The van der Waals surface area contributed by atoms with E-state index in [9.17, 15) is 27.2 Å². The van der Waals surface area contributed by atoms with Gasteiger partial charge < -0.3 is 14.8 Å². The molecule has 2 aromatic carbocycles. The van der Waals surface area contributed by atoms with Crippen LogP contribution in [0.2, 0.25) is 0 Å². The van der Waals surface area contributed by atoms with Crippen molar-refractivity contribution in [2.45, 2.75) is 58.4 Å². The summed E-state index contributed by atoms with van der Waals surface area (Å²) >= 11 is 0. The molecule has 2 rings (SSSR count). The lowest BCUT2D eigenvalue weighted by molar-refractivity contribution is -0.150. The first-order valence-electron chi connectivity index (χ1n) is 11.9. The molecule has 0 bridgehead atoms. The van der Waals surface area contributed by atoms with Gasteiger partial charge in [-0.2, -0.15) is 13.2 Å². The number of halogens is 4. The standard InChI is InChI=1S/C28H33F4NO4/c1-6-21(15-19-7-11-22(12-8-19)28(30,31)32)24(16-20-9-13-23(29)14-10-20)18(2)36-25(34)17-33-26(35)37-27(3,4)5/h6-14,18,21,24H,1,15-17H2,2-5H3,(H,33,35)/t18-,21+,24-/m0/s1. The average molecular weight is 524 g/mol. The number of allylic oxidation sites excluding steroid dienone is 1. The van der Waals surface area contributed by atoms with Gasteiger partial charge in [-0.05, 0) is 81.8 Å². The quantitative estimate of drug-likeness (QED) is 0.219. The molecule has 1 amide bonds. The Hall–Kier alpha value is -3.36. The number of ether oxygens (including phenoxy) is 2. The Balaban J connectivity index is 2.17. The smallest absolute Gasteiger partial charge is 0.416 e. The van der Waals surface area contributed by atoms with Crippen LogP contribution in [0.3, 0.4) is 0 Å². The molecule has 0 spiro atoms. The molecule has 0 aromatic heterocycles. The second kappa shape index (κ2) is 12.7. The van der Waals surface area contributed by atoms with Gasteiger partial charge in [0.05, 0.1) is 5.56 Å². The molecule has 0 saturated heterocycles. The number of alkyl carbamates (subject to hydrolysis) is 1. The van der Waals surface area contributed by atoms with Crippen LogP contribution in [0.15, 0.2) is 61.2 Å². The van der Waals surface area contributed by atoms with Crippen LogP contribution in [0.5, 0.6) is 0 Å². The minimum Gasteiger partial charge on any atom is -0.461 e. The number of rotatable bonds is 10. The van der Waals surface area contributed by atoms with E-state index >= 15 is 0 Å². The van der Waals surface area contributed by atoms with E-state index in [4.69, 9.17) is 9.47 Å². The van der Waals surface area contributed by atoms with Crippen molar-refractivity contribution in [3.63, 3.8) is 0 Å². The largest absolute Gasteiger partial charge is 0.461 e. The summed E-state index contributed by atoms with van der Waals surface area (Å²) in [6.07, 6.45) is -3.43. The molecule has 0 aliphatic carbocycles. The molecule has 0 heterocycles. The molecule has 5 nitrogen and oxygen atoms in total. The summed E-state index contributed by atoms with van der Waals surface area (Å²) in [6.45, 7) is 10.3. The van der Waals surface area contributed by atoms with E-state index in [-0.39, 0.29) is 11.8 Å². The van der Waals surface area contributed by atoms with Gasteiger partial charge in [-0.15, -0.1) is 6.58 Å².